The quantitative estimate of drug-likeness (QED) is 0.528. The maximum absolute atomic E-state index is 5.80. The van der Waals surface area contributed by atoms with Crippen LogP contribution in [0.1, 0.15) is 0 Å². The number of para-hydroxylation sites is 1. The van der Waals surface area contributed by atoms with Crippen molar-refractivity contribution in [1.82, 2.24) is 25.3 Å². The third kappa shape index (κ3) is 3.99. The SMILES string of the molecule is c1ccc(Oc2ccc(Nc3ncnc4ccc(N5CCNCC5)nc34)nc2)cc1. The normalized spacial score (nSPS) is 13.9. The van der Waals surface area contributed by atoms with E-state index >= 15 is 0 Å². The molecule has 0 amide bonds. The molecule has 0 bridgehead atoms. The van der Waals surface area contributed by atoms with E-state index in [1.165, 1.54) is 6.33 Å². The summed E-state index contributed by atoms with van der Waals surface area (Å²) in [5, 5.41) is 6.62. The van der Waals surface area contributed by atoms with Crippen molar-refractivity contribution in [3.8, 4) is 11.5 Å². The van der Waals surface area contributed by atoms with E-state index in [2.05, 4.69) is 30.5 Å². The number of hydrogen-bond donors (Lipinski definition) is 2. The van der Waals surface area contributed by atoms with Crippen molar-refractivity contribution >= 4 is 28.5 Å². The first-order chi connectivity index (χ1) is 14.8. The average molecular weight is 399 g/mol. The van der Waals surface area contributed by atoms with E-state index in [9.17, 15) is 0 Å². The van der Waals surface area contributed by atoms with Crippen LogP contribution in [0.25, 0.3) is 11.0 Å². The fourth-order valence-corrected chi connectivity index (χ4v) is 3.35. The topological polar surface area (TPSA) is 88.1 Å². The zero-order chi connectivity index (χ0) is 20.2. The Labute approximate surface area is 174 Å². The molecule has 5 rings (SSSR count). The summed E-state index contributed by atoms with van der Waals surface area (Å²) in [6, 6.07) is 17.3. The summed E-state index contributed by atoms with van der Waals surface area (Å²) in [4.78, 5) is 20.3. The second-order valence-corrected chi connectivity index (χ2v) is 6.92. The first-order valence-corrected chi connectivity index (χ1v) is 9.88. The van der Waals surface area contributed by atoms with Gasteiger partial charge in [-0.25, -0.2) is 19.9 Å². The Balaban J connectivity index is 1.37. The lowest BCUT2D eigenvalue weighted by molar-refractivity contribution is 0.480. The molecular weight excluding hydrogens is 378 g/mol. The number of ether oxygens (including phenoxy) is 1. The second-order valence-electron chi connectivity index (χ2n) is 6.92. The minimum Gasteiger partial charge on any atom is -0.456 e. The van der Waals surface area contributed by atoms with Crippen molar-refractivity contribution in [2.24, 2.45) is 0 Å². The van der Waals surface area contributed by atoms with E-state index in [1.54, 1.807) is 6.20 Å². The lowest BCUT2D eigenvalue weighted by Gasteiger charge is -2.28. The van der Waals surface area contributed by atoms with Crippen molar-refractivity contribution in [1.29, 1.82) is 0 Å². The van der Waals surface area contributed by atoms with Gasteiger partial charge in [-0.2, -0.15) is 0 Å². The molecule has 4 aromatic rings. The van der Waals surface area contributed by atoms with Gasteiger partial charge in [-0.1, -0.05) is 18.2 Å². The van der Waals surface area contributed by atoms with Gasteiger partial charge >= 0.3 is 0 Å². The van der Waals surface area contributed by atoms with Crippen LogP contribution in [0, 0.1) is 0 Å². The van der Waals surface area contributed by atoms with E-state index in [4.69, 9.17) is 9.72 Å². The zero-order valence-corrected chi connectivity index (χ0v) is 16.3. The van der Waals surface area contributed by atoms with Crippen molar-refractivity contribution in [2.45, 2.75) is 0 Å². The van der Waals surface area contributed by atoms with Crippen LogP contribution in [0.5, 0.6) is 11.5 Å². The zero-order valence-electron chi connectivity index (χ0n) is 16.3. The van der Waals surface area contributed by atoms with Crippen LogP contribution in [-0.4, -0.2) is 46.1 Å². The summed E-state index contributed by atoms with van der Waals surface area (Å²) in [5.41, 5.74) is 1.51. The van der Waals surface area contributed by atoms with Gasteiger partial charge in [0.15, 0.2) is 5.82 Å². The number of rotatable bonds is 5. The number of hydrogen-bond acceptors (Lipinski definition) is 8. The van der Waals surface area contributed by atoms with Crippen LogP contribution < -0.4 is 20.3 Å². The molecule has 8 nitrogen and oxygen atoms in total. The molecule has 0 unspecified atom stereocenters. The molecule has 30 heavy (non-hydrogen) atoms. The molecular formula is C22H21N7O. The van der Waals surface area contributed by atoms with Gasteiger partial charge in [-0.05, 0) is 36.4 Å². The highest BCUT2D eigenvalue weighted by atomic mass is 16.5. The molecule has 1 fully saturated rings. The van der Waals surface area contributed by atoms with Crippen molar-refractivity contribution in [3.05, 3.63) is 67.1 Å². The van der Waals surface area contributed by atoms with E-state index in [0.29, 0.717) is 17.4 Å². The maximum Gasteiger partial charge on any atom is 0.161 e. The molecule has 1 aliphatic heterocycles. The van der Waals surface area contributed by atoms with Gasteiger partial charge in [0.25, 0.3) is 0 Å². The second kappa shape index (κ2) is 8.30. The first kappa shape index (κ1) is 18.3. The highest BCUT2D eigenvalue weighted by molar-refractivity contribution is 5.87. The van der Waals surface area contributed by atoms with Gasteiger partial charge in [0.2, 0.25) is 0 Å². The van der Waals surface area contributed by atoms with Gasteiger partial charge in [0.1, 0.15) is 35.0 Å². The Morgan fingerprint density at radius 3 is 2.53 bits per heavy atom. The molecule has 4 heterocycles. The molecule has 1 saturated heterocycles. The van der Waals surface area contributed by atoms with E-state index in [0.717, 1.165) is 48.8 Å². The number of pyridine rings is 2. The smallest absolute Gasteiger partial charge is 0.161 e. The number of benzene rings is 1. The Morgan fingerprint density at radius 1 is 0.867 bits per heavy atom. The number of nitrogens with one attached hydrogen (secondary N) is 2. The Kier molecular flexibility index (Phi) is 5.05. The van der Waals surface area contributed by atoms with Gasteiger partial charge in [-0.3, -0.25) is 0 Å². The summed E-state index contributed by atoms with van der Waals surface area (Å²) >= 11 is 0. The predicted octanol–water partition coefficient (Wildman–Crippen LogP) is 3.37. The highest BCUT2D eigenvalue weighted by Crippen LogP contribution is 2.25. The summed E-state index contributed by atoms with van der Waals surface area (Å²) in [5.74, 6) is 3.65. The largest absolute Gasteiger partial charge is 0.456 e. The summed E-state index contributed by atoms with van der Waals surface area (Å²) in [7, 11) is 0. The molecule has 0 atom stereocenters. The fraction of sp³-hybridized carbons (Fsp3) is 0.182. The molecule has 1 aliphatic rings. The lowest BCUT2D eigenvalue weighted by Crippen LogP contribution is -2.43. The van der Waals surface area contributed by atoms with Crippen LogP contribution in [0.4, 0.5) is 17.5 Å². The van der Waals surface area contributed by atoms with Crippen LogP contribution >= 0.6 is 0 Å². The molecule has 150 valence electrons. The highest BCUT2D eigenvalue weighted by Gasteiger charge is 2.14. The standard InChI is InChI=1S/C22H21N7O/c1-2-4-16(5-3-1)30-17-6-8-19(24-14-17)27-22-21-18(25-15-26-22)7-9-20(28-21)29-12-10-23-11-13-29/h1-9,14-15,23H,10-13H2,(H,24,25,26,27). The molecule has 0 radical (unpaired) electrons. The number of anilines is 3. The van der Waals surface area contributed by atoms with Gasteiger partial charge in [0.05, 0.1) is 11.7 Å². The van der Waals surface area contributed by atoms with E-state index < -0.39 is 0 Å². The van der Waals surface area contributed by atoms with Crippen LogP contribution in [0.3, 0.4) is 0 Å². The van der Waals surface area contributed by atoms with Crippen molar-refractivity contribution in [2.75, 3.05) is 36.4 Å². The van der Waals surface area contributed by atoms with E-state index in [-0.39, 0.29) is 0 Å². The van der Waals surface area contributed by atoms with E-state index in [1.807, 2.05) is 54.6 Å². The van der Waals surface area contributed by atoms with Crippen LogP contribution in [-0.2, 0) is 0 Å². The molecule has 8 heteroatoms. The third-order valence-corrected chi connectivity index (χ3v) is 4.87. The molecule has 1 aromatic carbocycles. The molecule has 3 aromatic heterocycles. The van der Waals surface area contributed by atoms with Crippen molar-refractivity contribution < 1.29 is 4.74 Å². The molecule has 0 saturated carbocycles. The number of aromatic nitrogens is 4. The Bertz CT molecular complexity index is 1130. The average Bonchev–Trinajstić information content (AvgIpc) is 2.82. The first-order valence-electron chi connectivity index (χ1n) is 9.88. The number of fused-ring (bicyclic) bond motifs is 1. The minimum absolute atomic E-state index is 0.626. The Morgan fingerprint density at radius 2 is 1.73 bits per heavy atom. The summed E-state index contributed by atoms with van der Waals surface area (Å²) in [6.45, 7) is 3.77. The lowest BCUT2D eigenvalue weighted by atomic mass is 10.3. The summed E-state index contributed by atoms with van der Waals surface area (Å²) in [6.07, 6.45) is 3.21. The van der Waals surface area contributed by atoms with Gasteiger partial charge in [-0.15, -0.1) is 0 Å². The number of nitrogens with zero attached hydrogens (tertiary/aromatic N) is 5. The Hall–Kier alpha value is -3.78. The van der Waals surface area contributed by atoms with Crippen molar-refractivity contribution in [3.63, 3.8) is 0 Å². The molecule has 0 aliphatic carbocycles. The van der Waals surface area contributed by atoms with Crippen LogP contribution in [0.15, 0.2) is 67.1 Å². The predicted molar refractivity (Wildman–Crippen MR) is 116 cm³/mol. The third-order valence-electron chi connectivity index (χ3n) is 4.87. The number of piperazine rings is 1. The van der Waals surface area contributed by atoms with Crippen LogP contribution in [0.2, 0.25) is 0 Å². The minimum atomic E-state index is 0.626. The molecule has 0 spiro atoms. The maximum atomic E-state index is 5.80. The molecule has 2 N–H and O–H groups in total. The monoisotopic (exact) mass is 399 g/mol. The fourth-order valence-electron chi connectivity index (χ4n) is 3.35. The summed E-state index contributed by atoms with van der Waals surface area (Å²) < 4.78 is 5.80. The van der Waals surface area contributed by atoms with Gasteiger partial charge < -0.3 is 20.3 Å². The van der Waals surface area contributed by atoms with Gasteiger partial charge in [0, 0.05) is 26.2 Å².